The van der Waals surface area contributed by atoms with E-state index in [-0.39, 0.29) is 11.6 Å². The normalized spacial score (nSPS) is 10.3. The number of nitrogens with one attached hydrogen (secondary N) is 1. The number of nitrogens with two attached hydrogens (primary N) is 1. The lowest BCUT2D eigenvalue weighted by atomic mass is 10.2. The summed E-state index contributed by atoms with van der Waals surface area (Å²) in [6.45, 7) is 2.01. The summed E-state index contributed by atoms with van der Waals surface area (Å²) in [7, 11) is 3.18. The van der Waals surface area contributed by atoms with E-state index in [9.17, 15) is 0 Å². The van der Waals surface area contributed by atoms with Gasteiger partial charge in [0, 0.05) is 6.07 Å². The standard InChI is InChI=1S/C19H20N4O3/c1-12-4-6-13(7-5-12)26-19-17(20)18(21-11-22-19)23-15-10-14(24-2)8-9-16(15)25-3/h4-11H,20H2,1-3H3,(H,21,22,23). The van der Waals surface area contributed by atoms with Crippen LogP contribution in [0, 0.1) is 6.92 Å². The number of hydrogen-bond donors (Lipinski definition) is 2. The average molecular weight is 352 g/mol. The summed E-state index contributed by atoms with van der Waals surface area (Å²) in [5, 5.41) is 3.14. The summed E-state index contributed by atoms with van der Waals surface area (Å²) in [5.41, 5.74) is 8.28. The molecule has 0 spiro atoms. The van der Waals surface area contributed by atoms with Gasteiger partial charge in [-0.05, 0) is 31.2 Å². The number of nitrogen functional groups attached to an aromatic ring is 1. The Kier molecular flexibility index (Phi) is 5.07. The largest absolute Gasteiger partial charge is 0.497 e. The van der Waals surface area contributed by atoms with Gasteiger partial charge < -0.3 is 25.3 Å². The van der Waals surface area contributed by atoms with Gasteiger partial charge in [0.1, 0.15) is 29.3 Å². The van der Waals surface area contributed by atoms with Crippen molar-refractivity contribution in [3.8, 4) is 23.1 Å². The Bertz CT molecular complexity index is 898. The molecule has 3 rings (SSSR count). The number of benzene rings is 2. The Morgan fingerprint density at radius 3 is 2.35 bits per heavy atom. The highest BCUT2D eigenvalue weighted by molar-refractivity contribution is 5.75. The number of hydrogen-bond acceptors (Lipinski definition) is 7. The number of anilines is 3. The van der Waals surface area contributed by atoms with Crippen LogP contribution in [-0.4, -0.2) is 24.2 Å². The molecular formula is C19H20N4O3. The summed E-state index contributed by atoms with van der Waals surface area (Å²) in [4.78, 5) is 8.32. The van der Waals surface area contributed by atoms with Crippen LogP contribution in [0.1, 0.15) is 5.56 Å². The van der Waals surface area contributed by atoms with Gasteiger partial charge in [-0.25, -0.2) is 4.98 Å². The van der Waals surface area contributed by atoms with Crippen molar-refractivity contribution in [1.82, 2.24) is 9.97 Å². The van der Waals surface area contributed by atoms with Crippen molar-refractivity contribution in [2.45, 2.75) is 6.92 Å². The molecule has 1 heterocycles. The average Bonchev–Trinajstić information content (AvgIpc) is 2.66. The molecule has 0 aliphatic rings. The number of methoxy groups -OCH3 is 2. The molecule has 0 radical (unpaired) electrons. The minimum Gasteiger partial charge on any atom is -0.497 e. The maximum Gasteiger partial charge on any atom is 0.248 e. The van der Waals surface area contributed by atoms with E-state index in [0.29, 0.717) is 28.8 Å². The fraction of sp³-hybridized carbons (Fsp3) is 0.158. The lowest BCUT2D eigenvalue weighted by molar-refractivity contribution is 0.405. The van der Waals surface area contributed by atoms with E-state index in [1.165, 1.54) is 6.33 Å². The highest BCUT2D eigenvalue weighted by Crippen LogP contribution is 2.35. The molecule has 0 unspecified atom stereocenters. The SMILES string of the molecule is COc1ccc(OC)c(Nc2ncnc(Oc3ccc(C)cc3)c2N)c1. The summed E-state index contributed by atoms with van der Waals surface area (Å²) in [6, 6.07) is 13.0. The van der Waals surface area contributed by atoms with Crippen molar-refractivity contribution < 1.29 is 14.2 Å². The van der Waals surface area contributed by atoms with E-state index < -0.39 is 0 Å². The van der Waals surface area contributed by atoms with Crippen molar-refractivity contribution in [3.63, 3.8) is 0 Å². The minimum absolute atomic E-state index is 0.271. The van der Waals surface area contributed by atoms with Crippen molar-refractivity contribution in [3.05, 3.63) is 54.4 Å². The topological polar surface area (TPSA) is 91.5 Å². The number of aryl methyl sites for hydroxylation is 1. The number of nitrogens with zero attached hydrogens (tertiary/aromatic N) is 2. The molecule has 7 nitrogen and oxygen atoms in total. The van der Waals surface area contributed by atoms with Gasteiger partial charge in [0.05, 0.1) is 19.9 Å². The third-order valence-corrected chi connectivity index (χ3v) is 3.74. The fourth-order valence-electron chi connectivity index (χ4n) is 2.32. The van der Waals surface area contributed by atoms with Gasteiger partial charge >= 0.3 is 0 Å². The van der Waals surface area contributed by atoms with Gasteiger partial charge in [0.15, 0.2) is 5.82 Å². The number of aromatic nitrogens is 2. The van der Waals surface area contributed by atoms with Crippen LogP contribution in [0.15, 0.2) is 48.8 Å². The van der Waals surface area contributed by atoms with Gasteiger partial charge in [0.2, 0.25) is 5.88 Å². The highest BCUT2D eigenvalue weighted by atomic mass is 16.5. The van der Waals surface area contributed by atoms with Gasteiger partial charge in [-0.3, -0.25) is 0 Å². The monoisotopic (exact) mass is 352 g/mol. The molecule has 2 aromatic carbocycles. The fourth-order valence-corrected chi connectivity index (χ4v) is 2.32. The van der Waals surface area contributed by atoms with Gasteiger partial charge in [-0.1, -0.05) is 17.7 Å². The molecular weight excluding hydrogens is 332 g/mol. The molecule has 26 heavy (non-hydrogen) atoms. The molecule has 0 saturated heterocycles. The molecule has 0 amide bonds. The second-order valence-corrected chi connectivity index (χ2v) is 5.55. The molecule has 0 aliphatic carbocycles. The van der Waals surface area contributed by atoms with Crippen LogP contribution in [0.4, 0.5) is 17.2 Å². The zero-order valence-electron chi connectivity index (χ0n) is 14.8. The Balaban J connectivity index is 1.89. The van der Waals surface area contributed by atoms with E-state index in [2.05, 4.69) is 15.3 Å². The van der Waals surface area contributed by atoms with E-state index in [4.69, 9.17) is 19.9 Å². The van der Waals surface area contributed by atoms with Crippen molar-refractivity contribution in [2.75, 3.05) is 25.3 Å². The summed E-state index contributed by atoms with van der Waals surface area (Å²) in [5.74, 6) is 2.63. The van der Waals surface area contributed by atoms with Gasteiger partial charge in [-0.2, -0.15) is 4.98 Å². The first-order valence-electron chi connectivity index (χ1n) is 7.94. The quantitative estimate of drug-likeness (QED) is 0.694. The molecule has 0 aliphatic heterocycles. The second kappa shape index (κ2) is 7.60. The first-order chi connectivity index (χ1) is 12.6. The molecule has 3 N–H and O–H groups in total. The van der Waals surface area contributed by atoms with E-state index >= 15 is 0 Å². The molecule has 7 heteroatoms. The molecule has 134 valence electrons. The predicted molar refractivity (Wildman–Crippen MR) is 101 cm³/mol. The Morgan fingerprint density at radius 1 is 0.923 bits per heavy atom. The second-order valence-electron chi connectivity index (χ2n) is 5.55. The zero-order chi connectivity index (χ0) is 18.5. The van der Waals surface area contributed by atoms with Crippen molar-refractivity contribution in [2.24, 2.45) is 0 Å². The first kappa shape index (κ1) is 17.3. The lowest BCUT2D eigenvalue weighted by Gasteiger charge is -2.14. The summed E-state index contributed by atoms with van der Waals surface area (Å²) in [6.07, 6.45) is 1.38. The third kappa shape index (κ3) is 3.77. The Hall–Kier alpha value is -3.48. The van der Waals surface area contributed by atoms with Crippen LogP contribution >= 0.6 is 0 Å². The Morgan fingerprint density at radius 2 is 1.65 bits per heavy atom. The van der Waals surface area contributed by atoms with Crippen LogP contribution in [0.3, 0.4) is 0 Å². The molecule has 3 aromatic rings. The molecule has 1 aromatic heterocycles. The van der Waals surface area contributed by atoms with Crippen LogP contribution in [0.5, 0.6) is 23.1 Å². The summed E-state index contributed by atoms with van der Waals surface area (Å²) < 4.78 is 16.4. The first-order valence-corrected chi connectivity index (χ1v) is 7.94. The third-order valence-electron chi connectivity index (χ3n) is 3.74. The van der Waals surface area contributed by atoms with Gasteiger partial charge in [0.25, 0.3) is 0 Å². The van der Waals surface area contributed by atoms with Crippen LogP contribution in [0.2, 0.25) is 0 Å². The molecule has 0 atom stereocenters. The minimum atomic E-state index is 0.271. The van der Waals surface area contributed by atoms with Crippen molar-refractivity contribution in [1.29, 1.82) is 0 Å². The number of rotatable bonds is 6. The van der Waals surface area contributed by atoms with E-state index in [0.717, 1.165) is 5.56 Å². The van der Waals surface area contributed by atoms with Crippen LogP contribution in [-0.2, 0) is 0 Å². The smallest absolute Gasteiger partial charge is 0.248 e. The molecule has 0 bridgehead atoms. The zero-order valence-corrected chi connectivity index (χ0v) is 14.8. The lowest BCUT2D eigenvalue weighted by Crippen LogP contribution is -2.04. The predicted octanol–water partition coefficient (Wildman–Crippen LogP) is 3.92. The van der Waals surface area contributed by atoms with E-state index in [1.807, 2.05) is 31.2 Å². The maximum atomic E-state index is 6.19. The van der Waals surface area contributed by atoms with E-state index in [1.54, 1.807) is 32.4 Å². The van der Waals surface area contributed by atoms with Crippen LogP contribution in [0.25, 0.3) is 0 Å². The number of ether oxygens (including phenoxy) is 3. The highest BCUT2D eigenvalue weighted by Gasteiger charge is 2.13. The molecule has 0 saturated carbocycles. The Labute approximate surface area is 151 Å². The molecule has 0 fully saturated rings. The summed E-state index contributed by atoms with van der Waals surface area (Å²) >= 11 is 0. The van der Waals surface area contributed by atoms with Crippen molar-refractivity contribution >= 4 is 17.2 Å². The maximum absolute atomic E-state index is 6.19. The van der Waals surface area contributed by atoms with Crippen LogP contribution < -0.4 is 25.3 Å². The van der Waals surface area contributed by atoms with Gasteiger partial charge in [-0.15, -0.1) is 0 Å².